The Morgan fingerprint density at radius 1 is 1.07 bits per heavy atom. The highest BCUT2D eigenvalue weighted by Crippen LogP contribution is 2.18. The molecule has 0 bridgehead atoms. The summed E-state index contributed by atoms with van der Waals surface area (Å²) in [7, 11) is 0. The fourth-order valence-electron chi connectivity index (χ4n) is 3.82. The topological polar surface area (TPSA) is 59.0 Å². The number of amides is 1. The van der Waals surface area contributed by atoms with Crippen LogP contribution in [0.1, 0.15) is 60.3 Å². The molecule has 2 N–H and O–H groups in total. The van der Waals surface area contributed by atoms with Crippen LogP contribution in [-0.2, 0) is 0 Å². The summed E-state index contributed by atoms with van der Waals surface area (Å²) >= 11 is 0. The van der Waals surface area contributed by atoms with Gasteiger partial charge in [0, 0.05) is 19.1 Å². The first kappa shape index (κ1) is 21.5. The smallest absolute Gasteiger partial charge is 0.255 e. The van der Waals surface area contributed by atoms with Gasteiger partial charge in [0.05, 0.1) is 22.6 Å². The molecule has 0 atom stereocenters. The zero-order valence-electron chi connectivity index (χ0n) is 16.3. The first-order chi connectivity index (χ1) is 12.7. The van der Waals surface area contributed by atoms with Crippen LogP contribution in [0.25, 0.3) is 5.69 Å². The van der Waals surface area contributed by atoms with Crippen molar-refractivity contribution in [3.05, 3.63) is 47.3 Å². The third-order valence-corrected chi connectivity index (χ3v) is 5.22. The van der Waals surface area contributed by atoms with E-state index in [2.05, 4.69) is 15.7 Å². The summed E-state index contributed by atoms with van der Waals surface area (Å²) in [4.78, 5) is 12.6. The largest absolute Gasteiger partial charge is 0.351 e. The van der Waals surface area contributed by atoms with Crippen LogP contribution >= 0.6 is 12.4 Å². The number of halogens is 1. The van der Waals surface area contributed by atoms with E-state index >= 15 is 0 Å². The molecule has 1 amide bonds. The van der Waals surface area contributed by atoms with Gasteiger partial charge in [-0.2, -0.15) is 5.10 Å². The summed E-state index contributed by atoms with van der Waals surface area (Å²) < 4.78 is 1.84. The lowest BCUT2D eigenvalue weighted by atomic mass is 10.1. The number of nitrogens with one attached hydrogen (secondary N) is 2. The Morgan fingerprint density at radius 3 is 2.41 bits per heavy atom. The molecule has 5 nitrogen and oxygen atoms in total. The van der Waals surface area contributed by atoms with Crippen molar-refractivity contribution in [2.75, 3.05) is 13.1 Å². The lowest BCUT2D eigenvalue weighted by Gasteiger charge is -2.16. The highest BCUT2D eigenvalue weighted by molar-refractivity contribution is 5.96. The molecule has 0 spiro atoms. The van der Waals surface area contributed by atoms with Crippen LogP contribution in [-0.4, -0.2) is 34.8 Å². The van der Waals surface area contributed by atoms with E-state index in [1.165, 1.54) is 38.5 Å². The summed E-state index contributed by atoms with van der Waals surface area (Å²) in [6, 6.07) is 10.5. The van der Waals surface area contributed by atoms with Gasteiger partial charge in [0.1, 0.15) is 0 Å². The van der Waals surface area contributed by atoms with Gasteiger partial charge in [-0.1, -0.05) is 43.9 Å². The minimum atomic E-state index is -0.0372. The van der Waals surface area contributed by atoms with Crippen molar-refractivity contribution in [1.29, 1.82) is 0 Å². The Bertz CT molecular complexity index is 721. The minimum absolute atomic E-state index is 0. The third kappa shape index (κ3) is 5.56. The zero-order chi connectivity index (χ0) is 18.4. The summed E-state index contributed by atoms with van der Waals surface area (Å²) in [6.07, 6.45) is 7.88. The monoisotopic (exact) mass is 390 g/mol. The molecule has 148 valence electrons. The molecule has 6 heteroatoms. The molecule has 1 aliphatic carbocycles. The van der Waals surface area contributed by atoms with Gasteiger partial charge in [-0.15, -0.1) is 12.4 Å². The van der Waals surface area contributed by atoms with Crippen molar-refractivity contribution < 1.29 is 4.79 Å². The van der Waals surface area contributed by atoms with E-state index < -0.39 is 0 Å². The molecule has 3 rings (SSSR count). The lowest BCUT2D eigenvalue weighted by molar-refractivity contribution is 0.0952. The molecule has 0 unspecified atom stereocenters. The standard InChI is InChI=1S/C21H30N4O.ClH/c1-16-20(17(2)25(24-16)19-12-8-5-9-13-19)21(26)23-15-14-22-18-10-6-3-4-7-11-18;/h5,8-9,12-13,18,22H,3-4,6-7,10-11,14-15H2,1-2H3,(H,23,26);1H. The first-order valence-corrected chi connectivity index (χ1v) is 9.80. The van der Waals surface area contributed by atoms with Crippen LogP contribution in [0.15, 0.2) is 30.3 Å². The highest BCUT2D eigenvalue weighted by Gasteiger charge is 2.19. The van der Waals surface area contributed by atoms with Gasteiger partial charge >= 0.3 is 0 Å². The summed E-state index contributed by atoms with van der Waals surface area (Å²) in [5.74, 6) is -0.0372. The fourth-order valence-corrected chi connectivity index (χ4v) is 3.82. The Labute approximate surface area is 168 Å². The average Bonchev–Trinajstić information content (AvgIpc) is 2.81. The molecule has 1 aromatic carbocycles. The number of carbonyl (C=O) groups excluding carboxylic acids is 1. The van der Waals surface area contributed by atoms with E-state index in [9.17, 15) is 4.79 Å². The number of hydrogen-bond donors (Lipinski definition) is 2. The SMILES string of the molecule is Cc1nn(-c2ccccc2)c(C)c1C(=O)NCCNC1CCCCCC1.Cl. The summed E-state index contributed by atoms with van der Waals surface area (Å²) in [5, 5.41) is 11.2. The van der Waals surface area contributed by atoms with E-state index in [1.807, 2.05) is 48.9 Å². The summed E-state index contributed by atoms with van der Waals surface area (Å²) in [5.41, 5.74) is 3.30. The van der Waals surface area contributed by atoms with E-state index in [-0.39, 0.29) is 18.3 Å². The number of benzene rings is 1. The molecular formula is C21H31ClN4O. The zero-order valence-corrected chi connectivity index (χ0v) is 17.1. The van der Waals surface area contributed by atoms with Gasteiger partial charge in [-0.05, 0) is 38.8 Å². The number of aromatic nitrogens is 2. The number of hydrogen-bond acceptors (Lipinski definition) is 3. The van der Waals surface area contributed by atoms with Crippen molar-refractivity contribution in [2.24, 2.45) is 0 Å². The van der Waals surface area contributed by atoms with Crippen LogP contribution in [0, 0.1) is 13.8 Å². The highest BCUT2D eigenvalue weighted by atomic mass is 35.5. The van der Waals surface area contributed by atoms with Crippen molar-refractivity contribution in [1.82, 2.24) is 20.4 Å². The second kappa shape index (κ2) is 10.5. The van der Waals surface area contributed by atoms with Crippen LogP contribution in [0.3, 0.4) is 0 Å². The molecule has 1 fully saturated rings. The molecular weight excluding hydrogens is 360 g/mol. The fraction of sp³-hybridized carbons (Fsp3) is 0.524. The van der Waals surface area contributed by atoms with Crippen LogP contribution in [0.5, 0.6) is 0 Å². The normalized spacial score (nSPS) is 15.0. The molecule has 1 saturated carbocycles. The van der Waals surface area contributed by atoms with Crippen molar-refractivity contribution in [3.63, 3.8) is 0 Å². The van der Waals surface area contributed by atoms with Gasteiger partial charge in [0.25, 0.3) is 5.91 Å². The molecule has 2 aromatic rings. The third-order valence-electron chi connectivity index (χ3n) is 5.22. The lowest BCUT2D eigenvalue weighted by Crippen LogP contribution is -2.37. The van der Waals surface area contributed by atoms with E-state index in [0.29, 0.717) is 18.2 Å². The van der Waals surface area contributed by atoms with Gasteiger partial charge in [-0.25, -0.2) is 4.68 Å². The maximum absolute atomic E-state index is 12.6. The molecule has 1 aromatic heterocycles. The van der Waals surface area contributed by atoms with E-state index in [1.54, 1.807) is 0 Å². The van der Waals surface area contributed by atoms with Gasteiger partial charge in [-0.3, -0.25) is 4.79 Å². The van der Waals surface area contributed by atoms with Gasteiger partial charge in [0.2, 0.25) is 0 Å². The Morgan fingerprint density at radius 2 is 1.74 bits per heavy atom. The quantitative estimate of drug-likeness (QED) is 0.579. The Hall–Kier alpha value is -1.85. The van der Waals surface area contributed by atoms with Crippen molar-refractivity contribution in [2.45, 2.75) is 58.4 Å². The molecule has 0 saturated heterocycles. The maximum Gasteiger partial charge on any atom is 0.255 e. The minimum Gasteiger partial charge on any atom is -0.351 e. The molecule has 1 aliphatic rings. The van der Waals surface area contributed by atoms with Crippen LogP contribution in [0.2, 0.25) is 0 Å². The van der Waals surface area contributed by atoms with Gasteiger partial charge in [0.15, 0.2) is 0 Å². The molecule has 1 heterocycles. The predicted octanol–water partition coefficient (Wildman–Crippen LogP) is 3.95. The second-order valence-electron chi connectivity index (χ2n) is 7.19. The maximum atomic E-state index is 12.6. The van der Waals surface area contributed by atoms with E-state index in [4.69, 9.17) is 0 Å². The molecule has 0 radical (unpaired) electrons. The number of nitrogens with zero attached hydrogens (tertiary/aromatic N) is 2. The Balaban J connectivity index is 0.00000261. The van der Waals surface area contributed by atoms with Crippen LogP contribution < -0.4 is 10.6 Å². The summed E-state index contributed by atoms with van der Waals surface area (Å²) in [6.45, 7) is 5.31. The van der Waals surface area contributed by atoms with Crippen molar-refractivity contribution in [3.8, 4) is 5.69 Å². The van der Waals surface area contributed by atoms with Crippen molar-refractivity contribution >= 4 is 18.3 Å². The second-order valence-corrected chi connectivity index (χ2v) is 7.19. The van der Waals surface area contributed by atoms with E-state index in [0.717, 1.165) is 23.6 Å². The molecule has 0 aliphatic heterocycles. The van der Waals surface area contributed by atoms with Crippen LogP contribution in [0.4, 0.5) is 0 Å². The molecule has 27 heavy (non-hydrogen) atoms. The predicted molar refractivity (Wildman–Crippen MR) is 112 cm³/mol. The first-order valence-electron chi connectivity index (χ1n) is 9.80. The number of rotatable bonds is 6. The number of para-hydroxylation sites is 1. The Kier molecular flexibility index (Phi) is 8.32. The number of aryl methyl sites for hydroxylation is 1. The average molecular weight is 391 g/mol. The number of carbonyl (C=O) groups is 1. The van der Waals surface area contributed by atoms with Gasteiger partial charge < -0.3 is 10.6 Å².